The minimum Gasteiger partial charge on any atom is -0.261 e. The highest BCUT2D eigenvalue weighted by molar-refractivity contribution is 5.72. The van der Waals surface area contributed by atoms with Gasteiger partial charge in [0.05, 0.1) is 23.0 Å². The summed E-state index contributed by atoms with van der Waals surface area (Å²) in [6.07, 6.45) is 12.2. The van der Waals surface area contributed by atoms with E-state index in [-0.39, 0.29) is 11.8 Å². The van der Waals surface area contributed by atoms with Crippen LogP contribution in [0.5, 0.6) is 0 Å². The highest BCUT2D eigenvalue weighted by Gasteiger charge is 2.31. The Bertz CT molecular complexity index is 996. The van der Waals surface area contributed by atoms with Crippen LogP contribution in [-0.4, -0.2) is 16.4 Å². The number of fused-ring (bicyclic) bond motifs is 1. The lowest BCUT2D eigenvalue weighted by Crippen LogP contribution is -2.26. The molecule has 1 aliphatic heterocycles. The van der Waals surface area contributed by atoms with Gasteiger partial charge in [-0.05, 0) is 54.0 Å². The topological polar surface area (TPSA) is 61.9 Å². The average molecular weight is 368 g/mol. The van der Waals surface area contributed by atoms with Crippen LogP contribution >= 0.6 is 0 Å². The summed E-state index contributed by atoms with van der Waals surface area (Å²) >= 11 is 0. The lowest BCUT2D eigenvalue weighted by Gasteiger charge is -2.33. The Morgan fingerprint density at radius 1 is 1.18 bits per heavy atom. The second-order valence-corrected chi connectivity index (χ2v) is 7.82. The van der Waals surface area contributed by atoms with Crippen LogP contribution in [0.1, 0.15) is 54.5 Å². The third kappa shape index (κ3) is 3.53. The maximum Gasteiger partial charge on any atom is 0.0994 e. The van der Waals surface area contributed by atoms with Crippen LogP contribution < -0.4 is 0 Å². The molecule has 0 radical (unpaired) electrons. The van der Waals surface area contributed by atoms with Crippen molar-refractivity contribution >= 4 is 6.21 Å². The molecule has 0 N–H and O–H groups in total. The number of hydrogen-bond acceptors (Lipinski definition) is 4. The number of benzene rings is 1. The first kappa shape index (κ1) is 18.3. The van der Waals surface area contributed by atoms with E-state index in [0.717, 1.165) is 35.4 Å². The van der Waals surface area contributed by atoms with Gasteiger partial charge in [0.15, 0.2) is 0 Å². The quantitative estimate of drug-likeness (QED) is 0.769. The smallest absolute Gasteiger partial charge is 0.0994 e. The second kappa shape index (κ2) is 7.90. The molecular weight excluding hydrogens is 344 g/mol. The first-order chi connectivity index (χ1) is 13.7. The Morgan fingerprint density at radius 2 is 2.04 bits per heavy atom. The highest BCUT2D eigenvalue weighted by atomic mass is 15.1. The Kier molecular flexibility index (Phi) is 5.16. The van der Waals surface area contributed by atoms with Crippen molar-refractivity contribution in [3.05, 3.63) is 82.8 Å². The third-order valence-corrected chi connectivity index (χ3v) is 6.10. The highest BCUT2D eigenvalue weighted by Crippen LogP contribution is 2.39. The van der Waals surface area contributed by atoms with Gasteiger partial charge in [-0.25, -0.2) is 0 Å². The molecule has 4 atom stereocenters. The van der Waals surface area contributed by atoms with Crippen molar-refractivity contribution in [2.24, 2.45) is 16.8 Å². The Hall–Kier alpha value is -3.06. The summed E-state index contributed by atoms with van der Waals surface area (Å²) in [6.45, 7) is 4.61. The number of aromatic nitrogens is 2. The van der Waals surface area contributed by atoms with E-state index in [1.807, 2.05) is 30.5 Å². The molecule has 0 saturated carbocycles. The number of allylic oxidation sites excluding steroid dienone is 3. The SMILES string of the molecule is CC1Cc2ccnnc2C(/C=C/C2=CCC(c3ccccc3C#N)C=N2)[C@@H]1C. The van der Waals surface area contributed by atoms with E-state index < -0.39 is 0 Å². The molecule has 2 heterocycles. The van der Waals surface area contributed by atoms with Crippen LogP contribution in [0.15, 0.2) is 65.4 Å². The summed E-state index contributed by atoms with van der Waals surface area (Å²) in [5.74, 6) is 1.56. The standard InChI is InChI=1S/C24H24N4/c1-16-13-18-11-12-27-28-24(18)22(17(16)2)10-9-21-8-7-20(15-26-21)23-6-4-3-5-19(23)14-25/h3-6,8-12,15-17,20,22H,7,13H2,1-2H3/b10-9+/t16?,17-,20?,22?/m1/s1. The van der Waals surface area contributed by atoms with Crippen LogP contribution in [0.4, 0.5) is 0 Å². The number of nitrogens with zero attached hydrogens (tertiary/aromatic N) is 4. The van der Waals surface area contributed by atoms with E-state index in [4.69, 9.17) is 0 Å². The monoisotopic (exact) mass is 368 g/mol. The molecule has 0 fully saturated rings. The van der Waals surface area contributed by atoms with Gasteiger partial charge in [0.2, 0.25) is 0 Å². The molecule has 2 aromatic rings. The van der Waals surface area contributed by atoms with Gasteiger partial charge in [-0.15, -0.1) is 0 Å². The lowest BCUT2D eigenvalue weighted by atomic mass is 9.72. The minimum absolute atomic E-state index is 0.160. The van der Waals surface area contributed by atoms with Gasteiger partial charge >= 0.3 is 0 Å². The molecular formula is C24H24N4. The Labute approximate surface area is 166 Å². The van der Waals surface area contributed by atoms with Crippen molar-refractivity contribution in [2.75, 3.05) is 0 Å². The molecule has 140 valence electrons. The molecule has 0 spiro atoms. The Balaban J connectivity index is 1.52. The fourth-order valence-corrected chi connectivity index (χ4v) is 4.20. The summed E-state index contributed by atoms with van der Waals surface area (Å²) in [6, 6.07) is 12.1. The van der Waals surface area contributed by atoms with Crippen LogP contribution in [0, 0.1) is 23.2 Å². The van der Waals surface area contributed by atoms with Gasteiger partial charge in [-0.1, -0.05) is 44.2 Å². The normalized spacial score (nSPS) is 26.5. The molecule has 1 aromatic heterocycles. The number of rotatable bonds is 3. The fourth-order valence-electron chi connectivity index (χ4n) is 4.20. The van der Waals surface area contributed by atoms with E-state index >= 15 is 0 Å². The third-order valence-electron chi connectivity index (χ3n) is 6.10. The van der Waals surface area contributed by atoms with Gasteiger partial charge in [0, 0.05) is 24.2 Å². The van der Waals surface area contributed by atoms with Crippen molar-refractivity contribution in [2.45, 2.75) is 38.5 Å². The summed E-state index contributed by atoms with van der Waals surface area (Å²) in [7, 11) is 0. The summed E-state index contributed by atoms with van der Waals surface area (Å²) < 4.78 is 0. The maximum absolute atomic E-state index is 9.32. The van der Waals surface area contributed by atoms with E-state index in [1.165, 1.54) is 5.56 Å². The van der Waals surface area contributed by atoms with Crippen LogP contribution in [-0.2, 0) is 6.42 Å². The van der Waals surface area contributed by atoms with Crippen LogP contribution in [0.2, 0.25) is 0 Å². The largest absolute Gasteiger partial charge is 0.261 e. The number of aliphatic imine (C=N–C) groups is 1. The Morgan fingerprint density at radius 3 is 2.82 bits per heavy atom. The molecule has 4 rings (SSSR count). The van der Waals surface area contributed by atoms with Crippen molar-refractivity contribution < 1.29 is 0 Å². The minimum atomic E-state index is 0.160. The average Bonchev–Trinajstić information content (AvgIpc) is 2.74. The molecule has 2 aliphatic rings. The molecule has 4 heteroatoms. The molecule has 1 aromatic carbocycles. The predicted molar refractivity (Wildman–Crippen MR) is 111 cm³/mol. The molecule has 28 heavy (non-hydrogen) atoms. The fraction of sp³-hybridized carbons (Fsp3) is 0.333. The first-order valence-corrected chi connectivity index (χ1v) is 9.89. The van der Waals surface area contributed by atoms with Gasteiger partial charge in [-0.2, -0.15) is 15.5 Å². The summed E-state index contributed by atoms with van der Waals surface area (Å²) in [4.78, 5) is 4.65. The van der Waals surface area contributed by atoms with E-state index in [1.54, 1.807) is 6.20 Å². The first-order valence-electron chi connectivity index (χ1n) is 9.89. The molecule has 3 unspecified atom stereocenters. The molecule has 1 aliphatic carbocycles. The van der Waals surface area contributed by atoms with Crippen molar-refractivity contribution in [3.8, 4) is 6.07 Å². The van der Waals surface area contributed by atoms with Crippen LogP contribution in [0.3, 0.4) is 0 Å². The zero-order valence-electron chi connectivity index (χ0n) is 16.3. The van der Waals surface area contributed by atoms with Crippen LogP contribution in [0.25, 0.3) is 0 Å². The molecule has 0 amide bonds. The van der Waals surface area contributed by atoms with E-state index in [2.05, 4.69) is 59.4 Å². The zero-order chi connectivity index (χ0) is 19.5. The van der Waals surface area contributed by atoms with Crippen molar-refractivity contribution in [1.82, 2.24) is 10.2 Å². The van der Waals surface area contributed by atoms with E-state index in [0.29, 0.717) is 11.8 Å². The lowest BCUT2D eigenvalue weighted by molar-refractivity contribution is 0.324. The van der Waals surface area contributed by atoms with Gasteiger partial charge < -0.3 is 0 Å². The number of nitriles is 1. The molecule has 4 nitrogen and oxygen atoms in total. The molecule has 0 saturated heterocycles. The number of hydrogen-bond donors (Lipinski definition) is 0. The predicted octanol–water partition coefficient (Wildman–Crippen LogP) is 4.96. The van der Waals surface area contributed by atoms with Crippen molar-refractivity contribution in [1.29, 1.82) is 5.26 Å². The summed E-state index contributed by atoms with van der Waals surface area (Å²) in [5, 5.41) is 17.9. The maximum atomic E-state index is 9.32. The second-order valence-electron chi connectivity index (χ2n) is 7.82. The van der Waals surface area contributed by atoms with Gasteiger partial charge in [0.25, 0.3) is 0 Å². The summed E-state index contributed by atoms with van der Waals surface area (Å²) in [5.41, 5.74) is 5.16. The molecule has 0 bridgehead atoms. The van der Waals surface area contributed by atoms with Crippen molar-refractivity contribution in [3.63, 3.8) is 0 Å². The van der Waals surface area contributed by atoms with Gasteiger partial charge in [-0.3, -0.25) is 4.99 Å². The van der Waals surface area contributed by atoms with E-state index in [9.17, 15) is 5.26 Å². The zero-order valence-corrected chi connectivity index (χ0v) is 16.3. The van der Waals surface area contributed by atoms with Gasteiger partial charge in [0.1, 0.15) is 0 Å².